The van der Waals surface area contributed by atoms with Gasteiger partial charge in [0.15, 0.2) is 5.11 Å². The Morgan fingerprint density at radius 3 is 2.50 bits per heavy atom. The number of para-hydroxylation sites is 1. The molecule has 4 nitrogen and oxygen atoms in total. The molecule has 0 amide bonds. The van der Waals surface area contributed by atoms with Gasteiger partial charge in [-0.25, -0.2) is 0 Å². The van der Waals surface area contributed by atoms with Crippen LogP contribution in [0.4, 0.5) is 0 Å². The molecule has 2 aromatic heterocycles. The Hall–Kier alpha value is -2.66. The smallest absolute Gasteiger partial charge is 0.170 e. The van der Waals surface area contributed by atoms with Crippen LogP contribution in [-0.2, 0) is 6.42 Å². The molecule has 0 saturated carbocycles. The molecule has 4 rings (SSSR count). The summed E-state index contributed by atoms with van der Waals surface area (Å²) in [7, 11) is 0. The van der Waals surface area contributed by atoms with Crippen LogP contribution in [0.2, 0.25) is 0 Å². The minimum Gasteiger partial charge on any atom is -0.352 e. The van der Waals surface area contributed by atoms with Crippen LogP contribution in [-0.4, -0.2) is 25.6 Å². The first-order valence-electron chi connectivity index (χ1n) is 10.7. The van der Waals surface area contributed by atoms with Crippen molar-refractivity contribution in [2.24, 2.45) is 0 Å². The van der Waals surface area contributed by atoms with Gasteiger partial charge in [0.05, 0.1) is 17.8 Å². The molecule has 3 heterocycles. The zero-order valence-electron chi connectivity index (χ0n) is 18.4. The summed E-state index contributed by atoms with van der Waals surface area (Å²) in [5.74, 6) is 0. The number of nitrogens with zero attached hydrogens (tertiary/aromatic N) is 3. The van der Waals surface area contributed by atoms with E-state index in [2.05, 4.69) is 90.8 Å². The van der Waals surface area contributed by atoms with Gasteiger partial charge in [-0.05, 0) is 81.7 Å². The number of aromatic nitrogens is 2. The van der Waals surface area contributed by atoms with Crippen molar-refractivity contribution < 1.29 is 0 Å². The molecule has 1 aromatic carbocycles. The lowest BCUT2D eigenvalue weighted by Crippen LogP contribution is -2.35. The lowest BCUT2D eigenvalue weighted by molar-refractivity contribution is 0.269. The molecule has 0 spiro atoms. The molecule has 1 aliphatic rings. The standard InChI is InChI=1S/C25H30N4S/c1-6-19-11-7-8-13-22(19)29-17(4)15-20(18(29)5)24-23(21-12-9-10-14-26-21)27-25(30)28(24)16(2)3/h7-16,23-24H,6H2,1-5H3,(H,27,30). The monoisotopic (exact) mass is 418 g/mol. The van der Waals surface area contributed by atoms with Crippen LogP contribution in [0.5, 0.6) is 0 Å². The molecular formula is C25H30N4S. The first-order chi connectivity index (χ1) is 14.4. The number of pyridine rings is 1. The molecule has 30 heavy (non-hydrogen) atoms. The molecule has 1 N–H and O–H groups in total. The van der Waals surface area contributed by atoms with Gasteiger partial charge in [-0.2, -0.15) is 0 Å². The van der Waals surface area contributed by atoms with Crippen LogP contribution >= 0.6 is 12.2 Å². The molecular weight excluding hydrogens is 388 g/mol. The molecule has 0 radical (unpaired) electrons. The van der Waals surface area contributed by atoms with E-state index >= 15 is 0 Å². The summed E-state index contributed by atoms with van der Waals surface area (Å²) in [5, 5.41) is 4.35. The first kappa shape index (κ1) is 20.6. The summed E-state index contributed by atoms with van der Waals surface area (Å²) in [5.41, 5.74) is 7.44. The third-order valence-corrected chi connectivity index (χ3v) is 6.42. The maximum absolute atomic E-state index is 5.77. The van der Waals surface area contributed by atoms with Gasteiger partial charge in [-0.3, -0.25) is 4.98 Å². The zero-order valence-corrected chi connectivity index (χ0v) is 19.2. The fourth-order valence-electron chi connectivity index (χ4n) is 4.74. The van der Waals surface area contributed by atoms with E-state index in [1.54, 1.807) is 0 Å². The molecule has 2 atom stereocenters. The van der Waals surface area contributed by atoms with Crippen LogP contribution in [0.15, 0.2) is 54.7 Å². The first-order valence-corrected chi connectivity index (χ1v) is 11.1. The summed E-state index contributed by atoms with van der Waals surface area (Å²) in [6.07, 6.45) is 2.86. The summed E-state index contributed by atoms with van der Waals surface area (Å²) >= 11 is 5.77. The Morgan fingerprint density at radius 2 is 1.83 bits per heavy atom. The molecule has 0 bridgehead atoms. The number of benzene rings is 1. The van der Waals surface area contributed by atoms with Gasteiger partial charge in [0.25, 0.3) is 0 Å². The predicted molar refractivity (Wildman–Crippen MR) is 127 cm³/mol. The fraction of sp³-hybridized carbons (Fsp3) is 0.360. The van der Waals surface area contributed by atoms with E-state index in [1.807, 2.05) is 18.3 Å². The largest absolute Gasteiger partial charge is 0.352 e. The quantitative estimate of drug-likeness (QED) is 0.560. The van der Waals surface area contributed by atoms with E-state index in [1.165, 1.54) is 28.2 Å². The lowest BCUT2D eigenvalue weighted by Gasteiger charge is -2.31. The minimum atomic E-state index is 0.0245. The van der Waals surface area contributed by atoms with Crippen molar-refractivity contribution in [2.75, 3.05) is 0 Å². The average molecular weight is 419 g/mol. The van der Waals surface area contributed by atoms with Crippen LogP contribution in [0.3, 0.4) is 0 Å². The van der Waals surface area contributed by atoms with Crippen LogP contribution in [0, 0.1) is 13.8 Å². The maximum Gasteiger partial charge on any atom is 0.170 e. The van der Waals surface area contributed by atoms with Crippen molar-refractivity contribution in [1.82, 2.24) is 19.8 Å². The number of rotatable bonds is 5. The van der Waals surface area contributed by atoms with Gasteiger partial charge in [0.1, 0.15) is 0 Å². The van der Waals surface area contributed by atoms with E-state index in [0.29, 0.717) is 0 Å². The minimum absolute atomic E-state index is 0.0245. The molecule has 3 aromatic rings. The number of hydrogen-bond acceptors (Lipinski definition) is 2. The van der Waals surface area contributed by atoms with Crippen molar-refractivity contribution >= 4 is 17.3 Å². The maximum atomic E-state index is 5.77. The molecule has 1 saturated heterocycles. The van der Waals surface area contributed by atoms with Gasteiger partial charge in [-0.15, -0.1) is 0 Å². The highest BCUT2D eigenvalue weighted by molar-refractivity contribution is 7.80. The number of thiocarbonyl (C=S) groups is 1. The lowest BCUT2D eigenvalue weighted by atomic mass is 9.96. The van der Waals surface area contributed by atoms with E-state index in [9.17, 15) is 0 Å². The Labute approximate surface area is 184 Å². The van der Waals surface area contributed by atoms with E-state index in [4.69, 9.17) is 12.2 Å². The van der Waals surface area contributed by atoms with Crippen LogP contribution < -0.4 is 5.32 Å². The predicted octanol–water partition coefficient (Wildman–Crippen LogP) is 5.43. The topological polar surface area (TPSA) is 33.1 Å². The second-order valence-electron chi connectivity index (χ2n) is 8.27. The second kappa shape index (κ2) is 8.23. The SMILES string of the molecule is CCc1ccccc1-n1c(C)cc(C2C(c3ccccn3)NC(=S)N2C(C)C)c1C. The summed E-state index contributed by atoms with van der Waals surface area (Å²) in [4.78, 5) is 6.98. The Bertz CT molecular complexity index is 1050. The Kier molecular flexibility index (Phi) is 5.65. The van der Waals surface area contributed by atoms with Gasteiger partial charge in [0.2, 0.25) is 0 Å². The number of aryl methyl sites for hydroxylation is 2. The highest BCUT2D eigenvalue weighted by atomic mass is 32.1. The third-order valence-electron chi connectivity index (χ3n) is 6.09. The average Bonchev–Trinajstić information content (AvgIpc) is 3.24. The second-order valence-corrected chi connectivity index (χ2v) is 8.66. The third kappa shape index (κ3) is 3.41. The van der Waals surface area contributed by atoms with Gasteiger partial charge in [-0.1, -0.05) is 31.2 Å². The van der Waals surface area contributed by atoms with E-state index in [-0.39, 0.29) is 18.1 Å². The number of nitrogens with one attached hydrogen (secondary N) is 1. The van der Waals surface area contributed by atoms with Crippen LogP contribution in [0.25, 0.3) is 5.69 Å². The van der Waals surface area contributed by atoms with E-state index < -0.39 is 0 Å². The Balaban J connectivity index is 1.87. The van der Waals surface area contributed by atoms with Crippen molar-refractivity contribution in [3.05, 3.63) is 82.9 Å². The van der Waals surface area contributed by atoms with Crippen molar-refractivity contribution in [1.29, 1.82) is 0 Å². The highest BCUT2D eigenvalue weighted by Crippen LogP contribution is 2.42. The molecule has 1 fully saturated rings. The summed E-state index contributed by atoms with van der Waals surface area (Å²) < 4.78 is 2.39. The van der Waals surface area contributed by atoms with Gasteiger partial charge >= 0.3 is 0 Å². The van der Waals surface area contributed by atoms with Crippen molar-refractivity contribution in [3.63, 3.8) is 0 Å². The molecule has 2 unspecified atom stereocenters. The summed E-state index contributed by atoms with van der Waals surface area (Å²) in [6, 6.07) is 17.5. The zero-order chi connectivity index (χ0) is 21.4. The molecule has 156 valence electrons. The highest BCUT2D eigenvalue weighted by Gasteiger charge is 2.42. The van der Waals surface area contributed by atoms with Crippen LogP contribution in [0.1, 0.15) is 61.1 Å². The van der Waals surface area contributed by atoms with Gasteiger partial charge < -0.3 is 14.8 Å². The van der Waals surface area contributed by atoms with E-state index in [0.717, 1.165) is 17.2 Å². The van der Waals surface area contributed by atoms with Crippen molar-refractivity contribution in [3.8, 4) is 5.69 Å². The molecule has 0 aliphatic carbocycles. The normalized spacial score (nSPS) is 18.9. The van der Waals surface area contributed by atoms with Gasteiger partial charge in [0, 0.05) is 29.3 Å². The molecule has 5 heteroatoms. The number of hydrogen-bond donors (Lipinski definition) is 1. The Morgan fingerprint density at radius 1 is 1.10 bits per heavy atom. The summed E-state index contributed by atoms with van der Waals surface area (Å²) in [6.45, 7) is 11.0. The fourth-order valence-corrected chi connectivity index (χ4v) is 5.19. The van der Waals surface area contributed by atoms with Crippen molar-refractivity contribution in [2.45, 2.75) is 59.2 Å². The molecule has 1 aliphatic heterocycles.